The third-order valence-electron chi connectivity index (χ3n) is 4.40. The summed E-state index contributed by atoms with van der Waals surface area (Å²) in [6, 6.07) is 8.62. The van der Waals surface area contributed by atoms with Crippen LogP contribution in [0.2, 0.25) is 0 Å². The van der Waals surface area contributed by atoms with Crippen LogP contribution >= 0.6 is 0 Å². The molecule has 2 aromatic rings. The number of phenols is 1. The lowest BCUT2D eigenvalue weighted by Gasteiger charge is -2.12. The first kappa shape index (κ1) is 20.1. The Morgan fingerprint density at radius 3 is 2.69 bits per heavy atom. The van der Waals surface area contributed by atoms with Crippen molar-refractivity contribution in [3.63, 3.8) is 0 Å². The molecule has 0 radical (unpaired) electrons. The van der Waals surface area contributed by atoms with Gasteiger partial charge in [-0.2, -0.15) is 0 Å². The van der Waals surface area contributed by atoms with Crippen LogP contribution in [0.4, 0.5) is 9.18 Å². The first-order valence-electron chi connectivity index (χ1n) is 9.12. The minimum atomic E-state index is -0.625. The average molecular weight is 396 g/mol. The summed E-state index contributed by atoms with van der Waals surface area (Å²) in [6.45, 7) is 5.64. The van der Waals surface area contributed by atoms with Crippen LogP contribution in [0.15, 0.2) is 54.8 Å². The van der Waals surface area contributed by atoms with Crippen LogP contribution in [0.3, 0.4) is 0 Å². The number of halogens is 1. The normalized spacial score (nSPS) is 15.0. The Balaban J connectivity index is 1.91. The van der Waals surface area contributed by atoms with Gasteiger partial charge in [0.2, 0.25) is 0 Å². The molecule has 1 saturated heterocycles. The second-order valence-electron chi connectivity index (χ2n) is 6.42. The van der Waals surface area contributed by atoms with Gasteiger partial charge in [0.25, 0.3) is 5.91 Å². The van der Waals surface area contributed by atoms with E-state index in [-0.39, 0.29) is 29.3 Å². The second-order valence-corrected chi connectivity index (χ2v) is 6.42. The topological polar surface area (TPSA) is 78.9 Å². The summed E-state index contributed by atoms with van der Waals surface area (Å²) in [4.78, 5) is 25.9. The highest BCUT2D eigenvalue weighted by Gasteiger charge is 2.34. The molecule has 0 aromatic heterocycles. The van der Waals surface area contributed by atoms with Gasteiger partial charge in [-0.05, 0) is 43.2 Å². The molecule has 0 aliphatic carbocycles. The Morgan fingerprint density at radius 1 is 1.24 bits per heavy atom. The molecule has 0 spiro atoms. The van der Waals surface area contributed by atoms with Crippen molar-refractivity contribution in [2.24, 2.45) is 0 Å². The summed E-state index contributed by atoms with van der Waals surface area (Å²) >= 11 is 0. The molecule has 3 amide bonds. The number of benzene rings is 2. The van der Waals surface area contributed by atoms with E-state index in [1.807, 2.05) is 0 Å². The van der Waals surface area contributed by atoms with Crippen molar-refractivity contribution in [2.75, 3.05) is 6.61 Å². The number of urea groups is 1. The number of nitrogens with one attached hydrogen (secondary N) is 1. The van der Waals surface area contributed by atoms with E-state index in [0.29, 0.717) is 24.2 Å². The summed E-state index contributed by atoms with van der Waals surface area (Å²) in [6.07, 6.45) is 3.54. The van der Waals surface area contributed by atoms with Crippen LogP contribution in [0.5, 0.6) is 11.5 Å². The highest BCUT2D eigenvalue weighted by atomic mass is 19.1. The maximum Gasteiger partial charge on any atom is 0.329 e. The fourth-order valence-electron chi connectivity index (χ4n) is 3.03. The molecule has 29 heavy (non-hydrogen) atoms. The molecule has 0 saturated carbocycles. The first-order valence-corrected chi connectivity index (χ1v) is 9.12. The van der Waals surface area contributed by atoms with Gasteiger partial charge in [0.1, 0.15) is 11.5 Å². The molecule has 0 atom stereocenters. The van der Waals surface area contributed by atoms with Gasteiger partial charge in [0.05, 0.1) is 13.2 Å². The molecule has 0 unspecified atom stereocenters. The number of imide groups is 1. The van der Waals surface area contributed by atoms with Gasteiger partial charge in [-0.25, -0.2) is 9.18 Å². The van der Waals surface area contributed by atoms with Crippen molar-refractivity contribution in [2.45, 2.75) is 19.9 Å². The number of allylic oxidation sites excluding steroid dienone is 1. The highest BCUT2D eigenvalue weighted by molar-refractivity contribution is 6.13. The van der Waals surface area contributed by atoms with Crippen LogP contribution in [0.1, 0.15) is 23.6 Å². The van der Waals surface area contributed by atoms with Gasteiger partial charge in [0.15, 0.2) is 11.5 Å². The molecule has 6 nitrogen and oxygen atoms in total. The number of ether oxygens (including phenoxy) is 1. The molecule has 150 valence electrons. The minimum absolute atomic E-state index is 0.0110. The van der Waals surface area contributed by atoms with Gasteiger partial charge in [-0.3, -0.25) is 9.69 Å². The number of carbonyl (C=O) groups is 2. The van der Waals surface area contributed by atoms with E-state index < -0.39 is 17.8 Å². The Hall–Kier alpha value is -3.61. The van der Waals surface area contributed by atoms with Crippen LogP contribution < -0.4 is 10.1 Å². The monoisotopic (exact) mass is 396 g/mol. The van der Waals surface area contributed by atoms with Crippen molar-refractivity contribution in [3.8, 4) is 11.5 Å². The second kappa shape index (κ2) is 8.60. The number of nitrogens with zero attached hydrogens (tertiary/aromatic N) is 1. The molecule has 1 aliphatic rings. The molecular weight excluding hydrogens is 375 g/mol. The zero-order chi connectivity index (χ0) is 21.0. The third kappa shape index (κ3) is 4.29. The van der Waals surface area contributed by atoms with Gasteiger partial charge < -0.3 is 15.2 Å². The van der Waals surface area contributed by atoms with Gasteiger partial charge in [0, 0.05) is 11.1 Å². The van der Waals surface area contributed by atoms with E-state index in [1.54, 1.807) is 31.2 Å². The summed E-state index contributed by atoms with van der Waals surface area (Å²) in [5.41, 5.74) is 1.45. The van der Waals surface area contributed by atoms with Crippen molar-refractivity contribution < 1.29 is 23.8 Å². The predicted molar refractivity (Wildman–Crippen MR) is 107 cm³/mol. The van der Waals surface area contributed by atoms with Gasteiger partial charge in [-0.15, -0.1) is 6.58 Å². The number of phenolic OH excluding ortho intramolecular Hbond substituents is 1. The lowest BCUT2D eigenvalue weighted by atomic mass is 10.0. The summed E-state index contributed by atoms with van der Waals surface area (Å²) in [5, 5.41) is 12.8. The van der Waals surface area contributed by atoms with Crippen LogP contribution in [-0.4, -0.2) is 28.6 Å². The molecule has 1 heterocycles. The van der Waals surface area contributed by atoms with E-state index in [4.69, 9.17) is 4.74 Å². The summed E-state index contributed by atoms with van der Waals surface area (Å²) in [7, 11) is 0. The van der Waals surface area contributed by atoms with Gasteiger partial charge in [-0.1, -0.05) is 24.3 Å². The molecule has 1 aliphatic heterocycles. The Morgan fingerprint density at radius 2 is 2.00 bits per heavy atom. The number of carbonyl (C=O) groups excluding carboxylic acids is 2. The quantitative estimate of drug-likeness (QED) is 0.424. The van der Waals surface area contributed by atoms with E-state index in [0.717, 1.165) is 4.90 Å². The number of amides is 3. The van der Waals surface area contributed by atoms with Crippen molar-refractivity contribution in [1.82, 2.24) is 10.2 Å². The Kier molecular flexibility index (Phi) is 5.97. The SMILES string of the molecule is C=CCc1cc(/C=C2\NC(=O)N(Cc3ccccc3F)C2=O)cc(OCC)c1O. The smallest absolute Gasteiger partial charge is 0.329 e. The minimum Gasteiger partial charge on any atom is -0.504 e. The van der Waals surface area contributed by atoms with Crippen molar-refractivity contribution in [3.05, 3.63) is 77.3 Å². The highest BCUT2D eigenvalue weighted by Crippen LogP contribution is 2.33. The van der Waals surface area contributed by atoms with Crippen LogP contribution in [0.25, 0.3) is 6.08 Å². The standard InChI is InChI=1S/C22H21FN2O4/c1-3-7-15-10-14(12-19(20(15)26)29-4-2)11-18-21(27)25(22(28)24-18)13-16-8-5-6-9-17(16)23/h3,5-6,8-12,26H,1,4,7,13H2,2H3,(H,24,28)/b18-11-. The van der Waals surface area contributed by atoms with E-state index in [2.05, 4.69) is 11.9 Å². The molecule has 0 bridgehead atoms. The molecule has 7 heteroatoms. The lowest BCUT2D eigenvalue weighted by molar-refractivity contribution is -0.123. The van der Waals surface area contributed by atoms with Crippen molar-refractivity contribution >= 4 is 18.0 Å². The predicted octanol–water partition coefficient (Wildman–Crippen LogP) is 3.75. The maximum absolute atomic E-state index is 13.9. The van der Waals surface area contributed by atoms with E-state index in [1.165, 1.54) is 24.3 Å². The fraction of sp³-hybridized carbons (Fsp3) is 0.182. The molecule has 2 N–H and O–H groups in total. The number of hydrogen-bond donors (Lipinski definition) is 2. The Labute approximate surface area is 167 Å². The molecular formula is C22H21FN2O4. The van der Waals surface area contributed by atoms with E-state index >= 15 is 0 Å². The molecule has 3 rings (SSSR count). The number of rotatable bonds is 7. The van der Waals surface area contributed by atoms with Crippen LogP contribution in [-0.2, 0) is 17.8 Å². The summed E-state index contributed by atoms with van der Waals surface area (Å²) < 4.78 is 19.3. The third-order valence-corrected chi connectivity index (χ3v) is 4.40. The zero-order valence-electron chi connectivity index (χ0n) is 15.9. The Bertz CT molecular complexity index is 1000. The maximum atomic E-state index is 13.9. The van der Waals surface area contributed by atoms with Crippen molar-refractivity contribution in [1.29, 1.82) is 0 Å². The van der Waals surface area contributed by atoms with E-state index in [9.17, 15) is 19.1 Å². The lowest BCUT2D eigenvalue weighted by Crippen LogP contribution is -2.30. The summed E-state index contributed by atoms with van der Waals surface area (Å²) in [5.74, 6) is -0.760. The zero-order valence-corrected chi connectivity index (χ0v) is 15.9. The molecule has 2 aromatic carbocycles. The fourth-order valence-corrected chi connectivity index (χ4v) is 3.03. The first-order chi connectivity index (χ1) is 13.9. The van der Waals surface area contributed by atoms with Crippen LogP contribution in [0, 0.1) is 5.82 Å². The number of hydrogen-bond acceptors (Lipinski definition) is 4. The average Bonchev–Trinajstić information content (AvgIpc) is 2.95. The number of aromatic hydroxyl groups is 1. The molecule has 1 fully saturated rings. The largest absolute Gasteiger partial charge is 0.504 e. The van der Waals surface area contributed by atoms with Gasteiger partial charge >= 0.3 is 6.03 Å².